The molecule has 0 radical (unpaired) electrons. The second kappa shape index (κ2) is 10.8. The third-order valence-corrected chi connectivity index (χ3v) is 6.05. The predicted octanol–water partition coefficient (Wildman–Crippen LogP) is 5.65. The molecular formula is C26H35FN8O3. The average molecular weight is 527 g/mol. The summed E-state index contributed by atoms with van der Waals surface area (Å²) >= 11 is 0. The van der Waals surface area contributed by atoms with E-state index < -0.39 is 23.9 Å². The fraction of sp³-hybridized carbons (Fsp3) is 0.500. The van der Waals surface area contributed by atoms with Gasteiger partial charge in [-0.25, -0.2) is 19.2 Å². The van der Waals surface area contributed by atoms with E-state index in [1.165, 1.54) is 12.0 Å². The molecule has 1 aliphatic heterocycles. The van der Waals surface area contributed by atoms with Crippen molar-refractivity contribution in [1.82, 2.24) is 19.5 Å². The number of hydrogen-bond acceptors (Lipinski definition) is 9. The number of hydrogen-bond donors (Lipinski definition) is 3. The molecule has 1 aliphatic rings. The summed E-state index contributed by atoms with van der Waals surface area (Å²) in [7, 11) is 1.52. The van der Waals surface area contributed by atoms with Crippen LogP contribution >= 0.6 is 0 Å². The Bertz CT molecular complexity index is 1320. The van der Waals surface area contributed by atoms with Gasteiger partial charge in [-0.2, -0.15) is 10.1 Å². The first-order chi connectivity index (χ1) is 18.0. The number of nitrogens with one attached hydrogen (secondary N) is 3. The fourth-order valence-corrected chi connectivity index (χ4v) is 4.38. The number of likely N-dealkylation sites (tertiary alicyclic amines) is 1. The molecule has 0 bridgehead atoms. The van der Waals surface area contributed by atoms with Crippen LogP contribution in [0.4, 0.5) is 26.5 Å². The minimum absolute atomic E-state index is 0.0764. The van der Waals surface area contributed by atoms with E-state index in [2.05, 4.69) is 25.8 Å². The van der Waals surface area contributed by atoms with E-state index in [0.29, 0.717) is 30.0 Å². The summed E-state index contributed by atoms with van der Waals surface area (Å²) < 4.78 is 27.7. The Morgan fingerprint density at radius 2 is 2.05 bits per heavy atom. The Hall–Kier alpha value is -3.96. The topological polar surface area (TPSA) is 129 Å². The second-order valence-electron chi connectivity index (χ2n) is 10.6. The standard InChI is InChI=1S/C26H35FN8O3/c1-15(2)29-21-13-16(7-8-20(21)32-28)17-9-12-35-22(17)23(37-6)31-24(33-35)30-19-10-11-34(14-18(19)27)25(36)38-26(3,4)5/h7-9,12-13,15,18-19,28-29H,10-11,14H2,1-6H3,(H,30,33)/t18-,19+/m1/s1. The summed E-state index contributed by atoms with van der Waals surface area (Å²) in [6.07, 6.45) is 0.319. The molecule has 12 heteroatoms. The quantitative estimate of drug-likeness (QED) is 0.339. The number of rotatable bonds is 7. The van der Waals surface area contributed by atoms with Gasteiger partial charge in [-0.05, 0) is 64.8 Å². The summed E-state index contributed by atoms with van der Waals surface area (Å²) in [4.78, 5) is 18.2. The number of piperidine rings is 1. The molecule has 1 aromatic carbocycles. The largest absolute Gasteiger partial charge is 0.479 e. The SMILES string of the molecule is COc1nc(N[C@H]2CCN(C(=O)OC(C)(C)C)C[C@H]2F)nn2ccc(-c3ccc(N=N)c(NC(C)C)c3)c12. The van der Waals surface area contributed by atoms with E-state index in [0.717, 1.165) is 16.8 Å². The molecule has 0 spiro atoms. The van der Waals surface area contributed by atoms with Crippen molar-refractivity contribution in [2.75, 3.05) is 30.8 Å². The summed E-state index contributed by atoms with van der Waals surface area (Å²) in [5.41, 5.74) is 10.5. The summed E-state index contributed by atoms with van der Waals surface area (Å²) in [5.74, 6) is 0.553. The Kier molecular flexibility index (Phi) is 7.70. The van der Waals surface area contributed by atoms with Gasteiger partial charge in [-0.3, -0.25) is 0 Å². The van der Waals surface area contributed by atoms with Gasteiger partial charge >= 0.3 is 6.09 Å². The zero-order valence-electron chi connectivity index (χ0n) is 22.6. The zero-order valence-corrected chi connectivity index (χ0v) is 22.6. The van der Waals surface area contributed by atoms with E-state index in [4.69, 9.17) is 15.0 Å². The highest BCUT2D eigenvalue weighted by molar-refractivity contribution is 5.87. The molecule has 204 valence electrons. The molecule has 3 aromatic rings. The lowest BCUT2D eigenvalue weighted by Crippen LogP contribution is -2.51. The molecular weight excluding hydrogens is 491 g/mol. The minimum atomic E-state index is -1.32. The van der Waals surface area contributed by atoms with Crippen LogP contribution in [0.1, 0.15) is 41.0 Å². The van der Waals surface area contributed by atoms with Gasteiger partial charge in [0.05, 0.1) is 25.4 Å². The maximum Gasteiger partial charge on any atom is 0.410 e. The normalized spacial score (nSPS) is 17.9. The number of amides is 1. The lowest BCUT2D eigenvalue weighted by atomic mass is 10.0. The number of methoxy groups -OCH3 is 1. The number of benzene rings is 1. The molecule has 4 rings (SSSR count). The third-order valence-electron chi connectivity index (χ3n) is 6.05. The minimum Gasteiger partial charge on any atom is -0.479 e. The van der Waals surface area contributed by atoms with Crippen LogP contribution < -0.4 is 15.4 Å². The fourth-order valence-electron chi connectivity index (χ4n) is 4.38. The van der Waals surface area contributed by atoms with Crippen molar-refractivity contribution in [3.63, 3.8) is 0 Å². The first kappa shape index (κ1) is 27.1. The lowest BCUT2D eigenvalue weighted by molar-refractivity contribution is 0.0125. The molecule has 2 aromatic heterocycles. The van der Waals surface area contributed by atoms with Crippen LogP contribution in [-0.4, -0.2) is 69.6 Å². The number of ether oxygens (including phenoxy) is 2. The summed E-state index contributed by atoms with van der Waals surface area (Å²) in [6, 6.07) is 7.09. The highest BCUT2D eigenvalue weighted by Gasteiger charge is 2.34. The first-order valence-corrected chi connectivity index (χ1v) is 12.6. The molecule has 2 atom stereocenters. The number of aromatic nitrogens is 3. The smallest absolute Gasteiger partial charge is 0.410 e. The maximum absolute atomic E-state index is 15.1. The molecule has 11 nitrogen and oxygen atoms in total. The van der Waals surface area contributed by atoms with Gasteiger partial charge in [0, 0.05) is 24.3 Å². The van der Waals surface area contributed by atoms with Crippen molar-refractivity contribution < 1.29 is 18.7 Å². The van der Waals surface area contributed by atoms with E-state index in [-0.39, 0.29) is 18.5 Å². The lowest BCUT2D eigenvalue weighted by Gasteiger charge is -2.35. The van der Waals surface area contributed by atoms with Crippen LogP contribution in [0.2, 0.25) is 0 Å². The number of fused-ring (bicyclic) bond motifs is 1. The Morgan fingerprint density at radius 3 is 2.68 bits per heavy atom. The Morgan fingerprint density at radius 1 is 1.29 bits per heavy atom. The third kappa shape index (κ3) is 5.95. The number of anilines is 2. The number of carbonyl (C=O) groups is 1. The molecule has 0 unspecified atom stereocenters. The molecule has 0 aliphatic carbocycles. The van der Waals surface area contributed by atoms with Gasteiger partial charge in [-0.15, -0.1) is 5.10 Å². The maximum atomic E-state index is 15.1. The Labute approximate surface area is 221 Å². The highest BCUT2D eigenvalue weighted by Crippen LogP contribution is 2.36. The molecule has 3 heterocycles. The molecule has 0 saturated carbocycles. The highest BCUT2D eigenvalue weighted by atomic mass is 19.1. The second-order valence-corrected chi connectivity index (χ2v) is 10.6. The molecule has 38 heavy (non-hydrogen) atoms. The molecule has 1 saturated heterocycles. The van der Waals surface area contributed by atoms with Gasteiger partial charge in [0.15, 0.2) is 0 Å². The number of alkyl halides is 1. The van der Waals surface area contributed by atoms with Gasteiger partial charge < -0.3 is 25.0 Å². The van der Waals surface area contributed by atoms with E-state index in [1.54, 1.807) is 37.5 Å². The summed E-state index contributed by atoms with van der Waals surface area (Å²) in [5, 5.41) is 14.6. The van der Waals surface area contributed by atoms with Crippen molar-refractivity contribution in [2.24, 2.45) is 5.11 Å². The molecule has 3 N–H and O–H groups in total. The number of carbonyl (C=O) groups excluding carboxylic acids is 1. The monoisotopic (exact) mass is 526 g/mol. The van der Waals surface area contributed by atoms with Gasteiger partial charge in [0.25, 0.3) is 0 Å². The van der Waals surface area contributed by atoms with E-state index in [1.807, 2.05) is 32.0 Å². The van der Waals surface area contributed by atoms with Crippen molar-refractivity contribution in [3.05, 3.63) is 30.5 Å². The van der Waals surface area contributed by atoms with Crippen LogP contribution in [-0.2, 0) is 4.74 Å². The van der Waals surface area contributed by atoms with Crippen LogP contribution in [0.3, 0.4) is 0 Å². The van der Waals surface area contributed by atoms with E-state index >= 15 is 4.39 Å². The van der Waals surface area contributed by atoms with Gasteiger partial charge in [-0.1, -0.05) is 6.07 Å². The van der Waals surface area contributed by atoms with Crippen molar-refractivity contribution in [3.8, 4) is 17.0 Å². The van der Waals surface area contributed by atoms with Crippen molar-refractivity contribution in [2.45, 2.75) is 64.9 Å². The van der Waals surface area contributed by atoms with E-state index in [9.17, 15) is 4.79 Å². The van der Waals surface area contributed by atoms with Crippen molar-refractivity contribution in [1.29, 1.82) is 5.53 Å². The van der Waals surface area contributed by atoms with Crippen LogP contribution in [0, 0.1) is 5.53 Å². The molecule has 1 fully saturated rings. The zero-order chi connectivity index (χ0) is 27.6. The first-order valence-electron chi connectivity index (χ1n) is 12.6. The van der Waals surface area contributed by atoms with Crippen LogP contribution in [0.25, 0.3) is 16.6 Å². The van der Waals surface area contributed by atoms with Gasteiger partial charge in [0.1, 0.15) is 23.0 Å². The predicted molar refractivity (Wildman–Crippen MR) is 143 cm³/mol. The summed E-state index contributed by atoms with van der Waals surface area (Å²) in [6.45, 7) is 9.66. The average Bonchev–Trinajstić information content (AvgIpc) is 3.27. The van der Waals surface area contributed by atoms with Crippen LogP contribution in [0.5, 0.6) is 5.88 Å². The number of halogens is 1. The van der Waals surface area contributed by atoms with Crippen molar-refractivity contribution >= 4 is 28.9 Å². The van der Waals surface area contributed by atoms with Crippen LogP contribution in [0.15, 0.2) is 35.6 Å². The Balaban J connectivity index is 1.56. The number of nitrogens with zero attached hydrogens (tertiary/aromatic N) is 5. The van der Waals surface area contributed by atoms with Gasteiger partial charge in [0.2, 0.25) is 11.8 Å². The molecule has 1 amide bonds.